The molecule has 20 heavy (non-hydrogen) atoms. The summed E-state index contributed by atoms with van der Waals surface area (Å²) in [7, 11) is 0. The number of carbonyl (C=O) groups excluding carboxylic acids is 1. The van der Waals surface area contributed by atoms with Crippen LogP contribution in [-0.4, -0.2) is 10.9 Å². The molecule has 1 amide bonds. The van der Waals surface area contributed by atoms with E-state index in [2.05, 4.69) is 10.3 Å². The number of aryl methyl sites for hydroxylation is 3. The van der Waals surface area contributed by atoms with Crippen molar-refractivity contribution < 1.29 is 9.21 Å². The van der Waals surface area contributed by atoms with Crippen molar-refractivity contribution in [2.75, 3.05) is 5.73 Å². The number of benzene rings is 1. The van der Waals surface area contributed by atoms with Crippen molar-refractivity contribution in [1.29, 1.82) is 0 Å². The minimum atomic E-state index is -0.0400. The molecule has 0 fully saturated rings. The maximum atomic E-state index is 11.8. The van der Waals surface area contributed by atoms with Gasteiger partial charge in [0.15, 0.2) is 0 Å². The van der Waals surface area contributed by atoms with Gasteiger partial charge in [-0.05, 0) is 31.9 Å². The lowest BCUT2D eigenvalue weighted by molar-refractivity contribution is -0.121. The summed E-state index contributed by atoms with van der Waals surface area (Å²) in [6.45, 7) is 4.05. The van der Waals surface area contributed by atoms with Gasteiger partial charge in [-0.2, -0.15) is 0 Å². The van der Waals surface area contributed by atoms with E-state index in [9.17, 15) is 4.79 Å². The second-order valence-electron chi connectivity index (χ2n) is 4.72. The quantitative estimate of drug-likeness (QED) is 0.818. The third kappa shape index (κ3) is 3.60. The summed E-state index contributed by atoms with van der Waals surface area (Å²) in [5.74, 6) is 1.28. The second-order valence-corrected chi connectivity index (χ2v) is 4.72. The lowest BCUT2D eigenvalue weighted by atomic mass is 10.1. The number of aromatic nitrogens is 1. The highest BCUT2D eigenvalue weighted by Crippen LogP contribution is 2.12. The zero-order valence-corrected chi connectivity index (χ0v) is 11.8. The van der Waals surface area contributed by atoms with Crippen molar-refractivity contribution in [3.05, 3.63) is 47.2 Å². The maximum Gasteiger partial charge on any atom is 0.220 e. The fraction of sp³-hybridized carbons (Fsp3) is 0.333. The van der Waals surface area contributed by atoms with Gasteiger partial charge in [-0.3, -0.25) is 4.79 Å². The highest BCUT2D eigenvalue weighted by atomic mass is 16.4. The van der Waals surface area contributed by atoms with Crippen LogP contribution in [0, 0.1) is 13.8 Å². The molecule has 0 unspecified atom stereocenters. The molecule has 3 N–H and O–H groups in total. The number of carbonyl (C=O) groups is 1. The average molecular weight is 273 g/mol. The van der Waals surface area contributed by atoms with E-state index in [-0.39, 0.29) is 5.91 Å². The Morgan fingerprint density at radius 2 is 2.10 bits per heavy atom. The molecule has 0 aliphatic heterocycles. The highest BCUT2D eigenvalue weighted by Gasteiger charge is 2.08. The van der Waals surface area contributed by atoms with Crippen molar-refractivity contribution >= 4 is 11.6 Å². The molecule has 0 atom stereocenters. The summed E-state index contributed by atoms with van der Waals surface area (Å²) in [5.41, 5.74) is 8.40. The Morgan fingerprint density at radius 3 is 2.75 bits per heavy atom. The van der Waals surface area contributed by atoms with Crippen LogP contribution in [0.15, 0.2) is 28.7 Å². The van der Waals surface area contributed by atoms with E-state index in [4.69, 9.17) is 10.2 Å². The van der Waals surface area contributed by atoms with Gasteiger partial charge in [-0.1, -0.05) is 18.2 Å². The van der Waals surface area contributed by atoms with Crippen LogP contribution in [-0.2, 0) is 17.8 Å². The number of oxazole rings is 1. The Hall–Kier alpha value is -2.30. The second kappa shape index (κ2) is 6.23. The first kappa shape index (κ1) is 14.1. The van der Waals surface area contributed by atoms with Crippen LogP contribution in [0.3, 0.4) is 0 Å². The van der Waals surface area contributed by atoms with Gasteiger partial charge in [0.25, 0.3) is 0 Å². The van der Waals surface area contributed by atoms with E-state index in [1.54, 1.807) is 0 Å². The monoisotopic (exact) mass is 273 g/mol. The van der Waals surface area contributed by atoms with E-state index in [0.29, 0.717) is 25.3 Å². The molecule has 0 saturated heterocycles. The number of para-hydroxylation sites is 1. The molecule has 5 nitrogen and oxygen atoms in total. The predicted molar refractivity (Wildman–Crippen MR) is 77.0 cm³/mol. The lowest BCUT2D eigenvalue weighted by Crippen LogP contribution is -2.23. The van der Waals surface area contributed by atoms with Crippen molar-refractivity contribution in [3.63, 3.8) is 0 Å². The molecule has 2 aromatic rings. The van der Waals surface area contributed by atoms with Crippen LogP contribution in [0.2, 0.25) is 0 Å². The van der Waals surface area contributed by atoms with Gasteiger partial charge in [-0.15, -0.1) is 0 Å². The first-order chi connectivity index (χ1) is 9.56. The summed E-state index contributed by atoms with van der Waals surface area (Å²) in [4.78, 5) is 16.0. The first-order valence-electron chi connectivity index (χ1n) is 6.59. The molecule has 0 bridgehead atoms. The first-order valence-corrected chi connectivity index (χ1v) is 6.59. The topological polar surface area (TPSA) is 81.2 Å². The molecule has 0 aliphatic carbocycles. The summed E-state index contributed by atoms with van der Waals surface area (Å²) < 4.78 is 5.40. The third-order valence-electron chi connectivity index (χ3n) is 3.19. The molecule has 106 valence electrons. The zero-order chi connectivity index (χ0) is 14.5. The molecule has 1 aromatic carbocycles. The molecule has 0 spiro atoms. The minimum Gasteiger partial charge on any atom is -0.444 e. The number of nitrogen functional groups attached to an aromatic ring is 1. The molecular weight excluding hydrogens is 254 g/mol. The number of hydrogen-bond donors (Lipinski definition) is 2. The molecule has 1 aromatic heterocycles. The number of hydrogen-bond acceptors (Lipinski definition) is 4. The Labute approximate surface area is 118 Å². The van der Waals surface area contributed by atoms with Gasteiger partial charge < -0.3 is 15.5 Å². The van der Waals surface area contributed by atoms with E-state index in [0.717, 1.165) is 22.7 Å². The Kier molecular flexibility index (Phi) is 4.40. The molecule has 5 heteroatoms. The number of nitrogens with one attached hydrogen (secondary N) is 1. The molecule has 0 saturated carbocycles. The number of nitrogens with two attached hydrogens (primary N) is 1. The average Bonchev–Trinajstić information content (AvgIpc) is 2.75. The standard InChI is InChI=1S/C15H19N3O2/c1-10-11(2)20-15(18-10)9-17-14(19)8-7-12-5-3-4-6-13(12)16/h3-6H,7-9,16H2,1-2H3,(H,17,19). The van der Waals surface area contributed by atoms with Crippen molar-refractivity contribution in [2.24, 2.45) is 0 Å². The zero-order valence-electron chi connectivity index (χ0n) is 11.8. The molecule has 1 heterocycles. The van der Waals surface area contributed by atoms with E-state index in [1.807, 2.05) is 38.1 Å². The van der Waals surface area contributed by atoms with Crippen LogP contribution in [0.4, 0.5) is 5.69 Å². The maximum absolute atomic E-state index is 11.8. The highest BCUT2D eigenvalue weighted by molar-refractivity contribution is 5.76. The summed E-state index contributed by atoms with van der Waals surface area (Å²) >= 11 is 0. The summed E-state index contributed by atoms with van der Waals surface area (Å²) in [6, 6.07) is 7.57. The van der Waals surface area contributed by atoms with Gasteiger partial charge in [0, 0.05) is 12.1 Å². The van der Waals surface area contributed by atoms with Gasteiger partial charge in [0.2, 0.25) is 11.8 Å². The van der Waals surface area contributed by atoms with E-state index in [1.165, 1.54) is 0 Å². The van der Waals surface area contributed by atoms with Gasteiger partial charge >= 0.3 is 0 Å². The van der Waals surface area contributed by atoms with Crippen LogP contribution >= 0.6 is 0 Å². The fourth-order valence-electron chi connectivity index (χ4n) is 1.89. The van der Waals surface area contributed by atoms with Gasteiger partial charge in [0.1, 0.15) is 5.76 Å². The molecule has 2 rings (SSSR count). The Balaban J connectivity index is 1.80. The van der Waals surface area contributed by atoms with Crippen molar-refractivity contribution in [3.8, 4) is 0 Å². The van der Waals surface area contributed by atoms with E-state index >= 15 is 0 Å². The minimum absolute atomic E-state index is 0.0400. The van der Waals surface area contributed by atoms with Gasteiger partial charge in [0.05, 0.1) is 12.2 Å². The van der Waals surface area contributed by atoms with E-state index < -0.39 is 0 Å². The Morgan fingerprint density at radius 1 is 1.35 bits per heavy atom. The summed E-state index contributed by atoms with van der Waals surface area (Å²) in [6.07, 6.45) is 1.02. The smallest absolute Gasteiger partial charge is 0.220 e. The third-order valence-corrected chi connectivity index (χ3v) is 3.19. The lowest BCUT2D eigenvalue weighted by Gasteiger charge is -2.05. The van der Waals surface area contributed by atoms with Gasteiger partial charge in [-0.25, -0.2) is 4.98 Å². The number of anilines is 1. The Bertz CT molecular complexity index is 585. The van der Waals surface area contributed by atoms with Crippen LogP contribution < -0.4 is 11.1 Å². The van der Waals surface area contributed by atoms with Crippen molar-refractivity contribution in [1.82, 2.24) is 10.3 Å². The largest absolute Gasteiger partial charge is 0.444 e. The number of amides is 1. The van der Waals surface area contributed by atoms with Crippen LogP contribution in [0.25, 0.3) is 0 Å². The summed E-state index contributed by atoms with van der Waals surface area (Å²) in [5, 5.41) is 2.79. The number of rotatable bonds is 5. The molecule has 0 radical (unpaired) electrons. The van der Waals surface area contributed by atoms with Crippen LogP contribution in [0.5, 0.6) is 0 Å². The van der Waals surface area contributed by atoms with Crippen molar-refractivity contribution in [2.45, 2.75) is 33.2 Å². The normalized spacial score (nSPS) is 10.5. The predicted octanol–water partition coefficient (Wildman–Crippen LogP) is 2.12. The SMILES string of the molecule is Cc1nc(CNC(=O)CCc2ccccc2N)oc1C. The number of nitrogens with zero attached hydrogens (tertiary/aromatic N) is 1. The molecular formula is C15H19N3O2. The molecule has 0 aliphatic rings. The van der Waals surface area contributed by atoms with Crippen LogP contribution in [0.1, 0.15) is 29.3 Å². The fourth-order valence-corrected chi connectivity index (χ4v) is 1.89.